The molecule has 136 valence electrons. The standard InChI is InChI=1S/C20H19N5OS/c1-13-9-11-17(12-10-13)25-18(16-7-5-4-6-8-16)22-24-20(25)27-14(2)19-23-21-15(3)26-19/h4-12,14H,1-3H3. The molecule has 0 bridgehead atoms. The van der Waals surface area contributed by atoms with Crippen molar-refractivity contribution in [3.8, 4) is 17.1 Å². The van der Waals surface area contributed by atoms with E-state index in [0.717, 1.165) is 22.2 Å². The lowest BCUT2D eigenvalue weighted by Crippen LogP contribution is -2.01. The van der Waals surface area contributed by atoms with Crippen LogP contribution in [0.15, 0.2) is 64.2 Å². The highest BCUT2D eigenvalue weighted by molar-refractivity contribution is 7.99. The predicted molar refractivity (Wildman–Crippen MR) is 105 cm³/mol. The van der Waals surface area contributed by atoms with E-state index < -0.39 is 0 Å². The number of thioether (sulfide) groups is 1. The maximum absolute atomic E-state index is 5.57. The smallest absolute Gasteiger partial charge is 0.229 e. The first-order valence-corrected chi connectivity index (χ1v) is 9.54. The molecule has 0 fully saturated rings. The van der Waals surface area contributed by atoms with Crippen molar-refractivity contribution in [1.82, 2.24) is 25.0 Å². The van der Waals surface area contributed by atoms with E-state index in [4.69, 9.17) is 4.42 Å². The normalized spacial score (nSPS) is 12.3. The fraction of sp³-hybridized carbons (Fsp3) is 0.200. The van der Waals surface area contributed by atoms with Crippen molar-refractivity contribution in [2.24, 2.45) is 0 Å². The average Bonchev–Trinajstić information content (AvgIpc) is 3.30. The number of aromatic nitrogens is 5. The lowest BCUT2D eigenvalue weighted by molar-refractivity contribution is 0.470. The summed E-state index contributed by atoms with van der Waals surface area (Å²) >= 11 is 1.54. The van der Waals surface area contributed by atoms with Gasteiger partial charge in [0.1, 0.15) is 0 Å². The zero-order valence-corrected chi connectivity index (χ0v) is 16.1. The Morgan fingerprint density at radius 3 is 2.30 bits per heavy atom. The van der Waals surface area contributed by atoms with Crippen LogP contribution in [0.4, 0.5) is 0 Å². The molecule has 0 saturated heterocycles. The second-order valence-corrected chi connectivity index (χ2v) is 7.57. The lowest BCUT2D eigenvalue weighted by atomic mass is 10.2. The van der Waals surface area contributed by atoms with Crippen LogP contribution in [0.25, 0.3) is 17.1 Å². The Bertz CT molecular complexity index is 1040. The van der Waals surface area contributed by atoms with Crippen LogP contribution in [-0.4, -0.2) is 25.0 Å². The van der Waals surface area contributed by atoms with Crippen LogP contribution in [0.1, 0.15) is 29.5 Å². The van der Waals surface area contributed by atoms with Gasteiger partial charge in [-0.3, -0.25) is 4.57 Å². The number of aryl methyl sites for hydroxylation is 2. The van der Waals surface area contributed by atoms with E-state index in [2.05, 4.69) is 56.2 Å². The van der Waals surface area contributed by atoms with Gasteiger partial charge < -0.3 is 4.42 Å². The fourth-order valence-electron chi connectivity index (χ4n) is 2.73. The van der Waals surface area contributed by atoms with Gasteiger partial charge in [0.05, 0.1) is 5.25 Å². The molecule has 4 aromatic rings. The van der Waals surface area contributed by atoms with Crippen LogP contribution in [0.2, 0.25) is 0 Å². The fourth-order valence-corrected chi connectivity index (χ4v) is 3.63. The van der Waals surface area contributed by atoms with Crippen LogP contribution >= 0.6 is 11.8 Å². The molecular formula is C20H19N5OS. The Labute approximate surface area is 161 Å². The molecule has 27 heavy (non-hydrogen) atoms. The molecule has 2 aromatic carbocycles. The maximum Gasteiger partial charge on any atom is 0.229 e. The molecule has 0 aliphatic rings. The van der Waals surface area contributed by atoms with E-state index in [0.29, 0.717) is 11.8 Å². The predicted octanol–water partition coefficient (Wildman–Crippen LogP) is 4.79. The van der Waals surface area contributed by atoms with Gasteiger partial charge in [0.2, 0.25) is 11.8 Å². The molecule has 0 N–H and O–H groups in total. The minimum atomic E-state index is -0.0387. The summed E-state index contributed by atoms with van der Waals surface area (Å²) in [5.41, 5.74) is 3.23. The van der Waals surface area contributed by atoms with Gasteiger partial charge in [-0.25, -0.2) is 0 Å². The molecule has 0 saturated carbocycles. The average molecular weight is 377 g/mol. The summed E-state index contributed by atoms with van der Waals surface area (Å²) in [6.45, 7) is 5.88. The summed E-state index contributed by atoms with van der Waals surface area (Å²) in [5, 5.41) is 17.7. The van der Waals surface area contributed by atoms with Gasteiger partial charge in [-0.15, -0.1) is 20.4 Å². The van der Waals surface area contributed by atoms with E-state index in [1.807, 2.05) is 37.3 Å². The molecule has 0 radical (unpaired) electrons. The third kappa shape index (κ3) is 3.64. The van der Waals surface area contributed by atoms with Crippen molar-refractivity contribution in [3.05, 3.63) is 71.9 Å². The van der Waals surface area contributed by atoms with Crippen molar-refractivity contribution < 1.29 is 4.42 Å². The molecule has 7 heteroatoms. The third-order valence-corrected chi connectivity index (χ3v) is 5.16. The zero-order valence-electron chi connectivity index (χ0n) is 15.3. The van der Waals surface area contributed by atoms with Gasteiger partial charge in [0.25, 0.3) is 0 Å². The van der Waals surface area contributed by atoms with E-state index in [9.17, 15) is 0 Å². The van der Waals surface area contributed by atoms with Gasteiger partial charge >= 0.3 is 0 Å². The Morgan fingerprint density at radius 1 is 0.889 bits per heavy atom. The molecule has 6 nitrogen and oxygen atoms in total. The topological polar surface area (TPSA) is 69.6 Å². The third-order valence-electron chi connectivity index (χ3n) is 4.13. The van der Waals surface area contributed by atoms with Crippen molar-refractivity contribution in [1.29, 1.82) is 0 Å². The van der Waals surface area contributed by atoms with E-state index in [1.165, 1.54) is 5.56 Å². The molecule has 0 aliphatic carbocycles. The summed E-state index contributed by atoms with van der Waals surface area (Å²) < 4.78 is 7.64. The summed E-state index contributed by atoms with van der Waals surface area (Å²) in [6.07, 6.45) is 0. The minimum Gasteiger partial charge on any atom is -0.424 e. The first-order valence-electron chi connectivity index (χ1n) is 8.66. The Morgan fingerprint density at radius 2 is 1.63 bits per heavy atom. The molecule has 2 heterocycles. The zero-order chi connectivity index (χ0) is 18.8. The van der Waals surface area contributed by atoms with Crippen LogP contribution in [0.3, 0.4) is 0 Å². The number of nitrogens with zero attached hydrogens (tertiary/aromatic N) is 5. The van der Waals surface area contributed by atoms with Gasteiger partial charge in [-0.05, 0) is 26.0 Å². The maximum atomic E-state index is 5.57. The Balaban J connectivity index is 1.77. The molecule has 0 aliphatic heterocycles. The van der Waals surface area contributed by atoms with Gasteiger partial charge in [-0.2, -0.15) is 0 Å². The molecule has 1 unspecified atom stereocenters. The minimum absolute atomic E-state index is 0.0387. The van der Waals surface area contributed by atoms with Gasteiger partial charge in [0, 0.05) is 18.2 Å². The lowest BCUT2D eigenvalue weighted by Gasteiger charge is -2.12. The monoisotopic (exact) mass is 377 g/mol. The Kier molecular flexibility index (Phi) is 4.77. The summed E-state index contributed by atoms with van der Waals surface area (Å²) in [4.78, 5) is 0. The van der Waals surface area contributed by atoms with E-state index in [-0.39, 0.29) is 5.25 Å². The molecular weight excluding hydrogens is 358 g/mol. The number of benzene rings is 2. The van der Waals surface area contributed by atoms with E-state index >= 15 is 0 Å². The summed E-state index contributed by atoms with van der Waals surface area (Å²) in [6, 6.07) is 18.4. The number of hydrogen-bond acceptors (Lipinski definition) is 6. The SMILES string of the molecule is Cc1ccc(-n2c(SC(C)c3nnc(C)o3)nnc2-c2ccccc2)cc1. The van der Waals surface area contributed by atoms with Crippen LogP contribution < -0.4 is 0 Å². The molecule has 4 rings (SSSR count). The summed E-state index contributed by atoms with van der Waals surface area (Å²) in [7, 11) is 0. The van der Waals surface area contributed by atoms with Crippen molar-refractivity contribution in [2.75, 3.05) is 0 Å². The van der Waals surface area contributed by atoms with Crippen molar-refractivity contribution in [2.45, 2.75) is 31.2 Å². The van der Waals surface area contributed by atoms with Gasteiger partial charge in [0.15, 0.2) is 11.0 Å². The Hall–Kier alpha value is -2.93. The largest absolute Gasteiger partial charge is 0.424 e. The quantitative estimate of drug-likeness (QED) is 0.466. The highest BCUT2D eigenvalue weighted by Gasteiger charge is 2.21. The highest BCUT2D eigenvalue weighted by Crippen LogP contribution is 2.36. The van der Waals surface area contributed by atoms with Gasteiger partial charge in [-0.1, -0.05) is 59.8 Å². The second kappa shape index (κ2) is 7.36. The molecule has 0 amide bonds. The van der Waals surface area contributed by atoms with Crippen LogP contribution in [-0.2, 0) is 0 Å². The van der Waals surface area contributed by atoms with Crippen molar-refractivity contribution >= 4 is 11.8 Å². The molecule has 0 spiro atoms. The first-order chi connectivity index (χ1) is 13.1. The molecule has 2 aromatic heterocycles. The number of rotatable bonds is 5. The second-order valence-electron chi connectivity index (χ2n) is 6.26. The van der Waals surface area contributed by atoms with Crippen molar-refractivity contribution in [3.63, 3.8) is 0 Å². The first kappa shape index (κ1) is 17.5. The molecule has 1 atom stereocenters. The van der Waals surface area contributed by atoms with E-state index in [1.54, 1.807) is 18.7 Å². The van der Waals surface area contributed by atoms with Crippen LogP contribution in [0.5, 0.6) is 0 Å². The summed E-state index contributed by atoms with van der Waals surface area (Å²) in [5.74, 6) is 1.94. The van der Waals surface area contributed by atoms with Crippen LogP contribution in [0, 0.1) is 13.8 Å². The highest BCUT2D eigenvalue weighted by atomic mass is 32.2. The number of hydrogen-bond donors (Lipinski definition) is 0.